The van der Waals surface area contributed by atoms with E-state index in [1.807, 2.05) is 36.1 Å². The number of carbonyl (C=O) groups is 1. The average Bonchev–Trinajstić information content (AvgIpc) is 3.12. The monoisotopic (exact) mass is 484 g/mol. The van der Waals surface area contributed by atoms with Gasteiger partial charge in [0.25, 0.3) is 5.91 Å². The lowest BCUT2D eigenvalue weighted by Gasteiger charge is -2.30. The predicted molar refractivity (Wildman–Crippen MR) is 136 cm³/mol. The van der Waals surface area contributed by atoms with Crippen LogP contribution in [0.25, 0.3) is 6.08 Å². The van der Waals surface area contributed by atoms with Gasteiger partial charge < -0.3 is 9.84 Å². The molecule has 0 spiro atoms. The van der Waals surface area contributed by atoms with Crippen LogP contribution in [0.15, 0.2) is 46.3 Å². The molecular weight excluding hydrogens is 456 g/mol. The summed E-state index contributed by atoms with van der Waals surface area (Å²) in [5.74, 6) is 0.192. The van der Waals surface area contributed by atoms with E-state index in [1.54, 1.807) is 12.1 Å². The van der Waals surface area contributed by atoms with Crippen molar-refractivity contribution in [2.75, 3.05) is 6.61 Å². The lowest BCUT2D eigenvalue weighted by molar-refractivity contribution is -0.124. The normalized spacial score (nSPS) is 19.6. The molecule has 0 unspecified atom stereocenters. The molecule has 1 saturated carbocycles. The number of hydrogen-bond donors (Lipinski definition) is 1. The van der Waals surface area contributed by atoms with Crippen LogP contribution in [0, 0.1) is 0 Å². The highest BCUT2D eigenvalue weighted by molar-refractivity contribution is 8.18. The number of rotatable bonds is 6. The number of benzene rings is 2. The highest BCUT2D eigenvalue weighted by atomic mass is 35.5. The van der Waals surface area contributed by atoms with E-state index in [9.17, 15) is 9.90 Å². The van der Waals surface area contributed by atoms with Gasteiger partial charge in [-0.1, -0.05) is 56.0 Å². The second kappa shape index (κ2) is 10.7. The van der Waals surface area contributed by atoms with E-state index < -0.39 is 0 Å². The zero-order valence-corrected chi connectivity index (χ0v) is 20.6. The predicted octanol–water partition coefficient (Wildman–Crippen LogP) is 6.94. The summed E-state index contributed by atoms with van der Waals surface area (Å²) in [7, 11) is 0. The van der Waals surface area contributed by atoms with E-state index >= 15 is 0 Å². The maximum Gasteiger partial charge on any atom is 0.267 e. The summed E-state index contributed by atoms with van der Waals surface area (Å²) in [6.07, 6.45) is 8.15. The van der Waals surface area contributed by atoms with Crippen molar-refractivity contribution >= 4 is 46.2 Å². The number of ether oxygens (including phenoxy) is 1. The second-order valence-corrected chi connectivity index (χ2v) is 9.65. The van der Waals surface area contributed by atoms with Crippen molar-refractivity contribution in [3.05, 3.63) is 57.5 Å². The Morgan fingerprint density at radius 2 is 1.97 bits per heavy atom. The lowest BCUT2D eigenvalue weighted by Crippen LogP contribution is -2.40. The third-order valence-corrected chi connectivity index (χ3v) is 7.28. The molecule has 2 aromatic carbocycles. The number of para-hydroxylation sites is 1. The molecule has 5 nitrogen and oxygen atoms in total. The van der Waals surface area contributed by atoms with Crippen LogP contribution in [0.3, 0.4) is 0 Å². The fourth-order valence-electron chi connectivity index (χ4n) is 4.34. The van der Waals surface area contributed by atoms with Gasteiger partial charge in [0.15, 0.2) is 16.7 Å². The van der Waals surface area contributed by atoms with Crippen molar-refractivity contribution in [3.8, 4) is 11.5 Å². The van der Waals surface area contributed by atoms with Crippen LogP contribution in [0.5, 0.6) is 11.5 Å². The zero-order valence-electron chi connectivity index (χ0n) is 19.0. The van der Waals surface area contributed by atoms with Gasteiger partial charge in [-0.3, -0.25) is 9.69 Å². The molecule has 4 rings (SSSR count). The Kier molecular flexibility index (Phi) is 7.66. The van der Waals surface area contributed by atoms with Crippen molar-refractivity contribution in [2.45, 2.75) is 58.4 Å². The molecule has 1 amide bonds. The SMILES string of the molecule is CCOc1cc(/C=C2/SC(=Nc3ccccc3CC)N(C3CCCCC3)C2=O)cc(Cl)c1O. The molecule has 1 saturated heterocycles. The van der Waals surface area contributed by atoms with E-state index in [1.165, 1.54) is 18.2 Å². The minimum Gasteiger partial charge on any atom is -0.503 e. The third-order valence-electron chi connectivity index (χ3n) is 6.01. The first kappa shape index (κ1) is 23.7. The van der Waals surface area contributed by atoms with Crippen molar-refractivity contribution < 1.29 is 14.6 Å². The molecule has 2 aliphatic rings. The quantitative estimate of drug-likeness (QED) is 0.451. The second-order valence-electron chi connectivity index (χ2n) is 8.24. The first-order valence-corrected chi connectivity index (χ1v) is 12.8. The van der Waals surface area contributed by atoms with Gasteiger partial charge >= 0.3 is 0 Å². The van der Waals surface area contributed by atoms with Crippen LogP contribution in [0.4, 0.5) is 5.69 Å². The fourth-order valence-corrected chi connectivity index (χ4v) is 5.61. The number of phenols is 1. The third kappa shape index (κ3) is 5.22. The molecule has 1 aliphatic heterocycles. The molecule has 0 atom stereocenters. The molecule has 1 heterocycles. The Bertz CT molecular complexity index is 1090. The van der Waals surface area contributed by atoms with Crippen LogP contribution in [-0.2, 0) is 11.2 Å². The largest absolute Gasteiger partial charge is 0.503 e. The van der Waals surface area contributed by atoms with Gasteiger partial charge in [-0.05, 0) is 73.4 Å². The summed E-state index contributed by atoms with van der Waals surface area (Å²) in [5.41, 5.74) is 2.77. The fraction of sp³-hybridized carbons (Fsp3) is 0.385. The highest BCUT2D eigenvalue weighted by Crippen LogP contribution is 2.41. The van der Waals surface area contributed by atoms with Gasteiger partial charge in [-0.15, -0.1) is 0 Å². The standard InChI is InChI=1S/C26H29ClN2O3S/c1-3-18-10-8-9-13-21(18)28-26-29(19-11-6-5-7-12-19)25(31)23(33-26)16-17-14-20(27)24(30)22(15-17)32-4-2/h8-10,13-16,19,30H,3-7,11-12H2,1-2H3/b23-16+,28-26?. The number of aromatic hydroxyl groups is 1. The molecule has 0 bridgehead atoms. The number of phenolic OH excluding ortho intramolecular Hbond substituents is 1. The molecule has 2 fully saturated rings. The maximum atomic E-state index is 13.6. The van der Waals surface area contributed by atoms with Gasteiger partial charge in [0.1, 0.15) is 0 Å². The minimum atomic E-state index is -0.0895. The van der Waals surface area contributed by atoms with Crippen molar-refractivity contribution in [1.29, 1.82) is 0 Å². The Balaban J connectivity index is 1.74. The van der Waals surface area contributed by atoms with E-state index in [0.717, 1.165) is 48.5 Å². The van der Waals surface area contributed by atoms with Gasteiger partial charge in [-0.2, -0.15) is 0 Å². The van der Waals surface area contributed by atoms with Crippen LogP contribution in [0.1, 0.15) is 57.1 Å². The van der Waals surface area contributed by atoms with Crippen molar-refractivity contribution in [2.24, 2.45) is 4.99 Å². The summed E-state index contributed by atoms with van der Waals surface area (Å²) in [6, 6.07) is 11.6. The van der Waals surface area contributed by atoms with Gasteiger partial charge in [0, 0.05) is 6.04 Å². The Morgan fingerprint density at radius 3 is 2.70 bits per heavy atom. The molecule has 0 radical (unpaired) electrons. The molecule has 1 N–H and O–H groups in total. The first-order chi connectivity index (χ1) is 16.0. The van der Waals surface area contributed by atoms with Gasteiger partial charge in [0.2, 0.25) is 0 Å². The molecule has 174 valence electrons. The number of amidine groups is 1. The summed E-state index contributed by atoms with van der Waals surface area (Å²) in [5, 5.41) is 11.1. The highest BCUT2D eigenvalue weighted by Gasteiger charge is 2.38. The summed E-state index contributed by atoms with van der Waals surface area (Å²) in [6.45, 7) is 4.36. The molecule has 2 aromatic rings. The van der Waals surface area contributed by atoms with E-state index in [2.05, 4.69) is 13.0 Å². The number of aliphatic imine (C=N–C) groups is 1. The van der Waals surface area contributed by atoms with Gasteiger partial charge in [0.05, 0.1) is 22.2 Å². The number of amides is 1. The Labute approximate surface area is 204 Å². The molecule has 33 heavy (non-hydrogen) atoms. The van der Waals surface area contributed by atoms with Crippen LogP contribution in [-0.4, -0.2) is 33.7 Å². The van der Waals surface area contributed by atoms with Crippen LogP contribution < -0.4 is 4.74 Å². The van der Waals surface area contributed by atoms with Crippen LogP contribution >= 0.6 is 23.4 Å². The number of aryl methyl sites for hydroxylation is 1. The number of thioether (sulfide) groups is 1. The minimum absolute atomic E-state index is 0.0261. The Morgan fingerprint density at radius 1 is 1.21 bits per heavy atom. The van der Waals surface area contributed by atoms with Crippen molar-refractivity contribution in [1.82, 2.24) is 4.90 Å². The molecule has 0 aromatic heterocycles. The topological polar surface area (TPSA) is 62.1 Å². The summed E-state index contributed by atoms with van der Waals surface area (Å²) >= 11 is 7.61. The number of halogens is 1. The van der Waals surface area contributed by atoms with E-state index in [0.29, 0.717) is 22.8 Å². The smallest absolute Gasteiger partial charge is 0.267 e. The lowest BCUT2D eigenvalue weighted by atomic mass is 9.94. The summed E-state index contributed by atoms with van der Waals surface area (Å²) < 4.78 is 5.50. The molecule has 1 aliphatic carbocycles. The van der Waals surface area contributed by atoms with E-state index in [4.69, 9.17) is 21.3 Å². The van der Waals surface area contributed by atoms with Crippen molar-refractivity contribution in [3.63, 3.8) is 0 Å². The van der Waals surface area contributed by atoms with E-state index in [-0.39, 0.29) is 22.7 Å². The number of carbonyl (C=O) groups excluding carboxylic acids is 1. The Hall–Kier alpha value is -2.44. The van der Waals surface area contributed by atoms with Gasteiger partial charge in [-0.25, -0.2) is 4.99 Å². The molecular formula is C26H29ClN2O3S. The summed E-state index contributed by atoms with van der Waals surface area (Å²) in [4.78, 5) is 21.0. The van der Waals surface area contributed by atoms with Crippen LogP contribution in [0.2, 0.25) is 5.02 Å². The molecule has 7 heteroatoms. The number of nitrogens with zero attached hydrogens (tertiary/aromatic N) is 2. The average molecular weight is 485 g/mol. The first-order valence-electron chi connectivity index (χ1n) is 11.6. The number of hydrogen-bond acceptors (Lipinski definition) is 5. The zero-order chi connectivity index (χ0) is 23.4. The maximum absolute atomic E-state index is 13.6.